The van der Waals surface area contributed by atoms with Crippen LogP contribution in [-0.2, 0) is 10.1 Å². The van der Waals surface area contributed by atoms with E-state index in [0.29, 0.717) is 0 Å². The van der Waals surface area contributed by atoms with E-state index in [4.69, 9.17) is 8.60 Å². The third-order valence-electron chi connectivity index (χ3n) is 4.66. The second-order valence-electron chi connectivity index (χ2n) is 6.98. The average Bonchev–Trinajstić information content (AvgIpc) is 2.71. The van der Waals surface area contributed by atoms with Gasteiger partial charge in [-0.15, -0.1) is 0 Å². The van der Waals surface area contributed by atoms with E-state index in [9.17, 15) is 33.6 Å². The SMILES string of the molecule is Cc1ccc(S(=O)(=O)Oc2c(-c3ccc(O)c(O)c3)oc3cc(O)cc(O)c3c2=O)cc1. The minimum Gasteiger partial charge on any atom is -0.508 e. The summed E-state index contributed by atoms with van der Waals surface area (Å²) >= 11 is 0. The molecule has 0 bridgehead atoms. The molecular formula is C22H16O9S. The van der Waals surface area contributed by atoms with Gasteiger partial charge in [0.25, 0.3) is 0 Å². The zero-order chi connectivity index (χ0) is 23.2. The van der Waals surface area contributed by atoms with Gasteiger partial charge in [-0.2, -0.15) is 8.42 Å². The van der Waals surface area contributed by atoms with Crippen LogP contribution in [0, 0.1) is 6.92 Å². The van der Waals surface area contributed by atoms with Gasteiger partial charge in [-0.05, 0) is 37.3 Å². The molecule has 1 heterocycles. The van der Waals surface area contributed by atoms with Gasteiger partial charge in [0.05, 0.1) is 0 Å². The van der Waals surface area contributed by atoms with Crippen LogP contribution in [0.3, 0.4) is 0 Å². The van der Waals surface area contributed by atoms with Gasteiger partial charge < -0.3 is 29.0 Å². The van der Waals surface area contributed by atoms with Gasteiger partial charge in [0.1, 0.15) is 27.4 Å². The molecule has 0 aliphatic carbocycles. The first-order valence-corrected chi connectivity index (χ1v) is 10.5. The Morgan fingerprint density at radius 3 is 2.19 bits per heavy atom. The second kappa shape index (κ2) is 7.50. The smallest absolute Gasteiger partial charge is 0.339 e. The Morgan fingerprint density at radius 1 is 0.844 bits per heavy atom. The minimum absolute atomic E-state index is 0.00348. The first-order valence-electron chi connectivity index (χ1n) is 9.13. The maximum Gasteiger partial charge on any atom is 0.339 e. The van der Waals surface area contributed by atoms with Crippen LogP contribution in [0.5, 0.6) is 28.7 Å². The van der Waals surface area contributed by atoms with Crippen molar-refractivity contribution < 1.29 is 37.4 Å². The number of aryl methyl sites for hydroxylation is 1. The molecule has 10 heteroatoms. The lowest BCUT2D eigenvalue weighted by Crippen LogP contribution is -2.17. The maximum absolute atomic E-state index is 13.2. The van der Waals surface area contributed by atoms with E-state index in [1.54, 1.807) is 19.1 Å². The molecule has 0 spiro atoms. The molecule has 32 heavy (non-hydrogen) atoms. The molecule has 0 fully saturated rings. The molecule has 9 nitrogen and oxygen atoms in total. The molecule has 0 aliphatic heterocycles. The van der Waals surface area contributed by atoms with Crippen molar-refractivity contribution in [1.82, 2.24) is 0 Å². The Kier molecular flexibility index (Phi) is 4.94. The highest BCUT2D eigenvalue weighted by Crippen LogP contribution is 2.39. The number of fused-ring (bicyclic) bond motifs is 1. The van der Waals surface area contributed by atoms with Gasteiger partial charge in [-0.3, -0.25) is 4.79 Å². The second-order valence-corrected chi connectivity index (χ2v) is 8.53. The molecular weight excluding hydrogens is 440 g/mol. The first kappa shape index (κ1) is 21.1. The van der Waals surface area contributed by atoms with Crippen molar-refractivity contribution in [3.05, 3.63) is 70.4 Å². The highest BCUT2D eigenvalue weighted by molar-refractivity contribution is 7.87. The van der Waals surface area contributed by atoms with E-state index in [0.717, 1.165) is 29.8 Å². The van der Waals surface area contributed by atoms with E-state index in [1.165, 1.54) is 18.2 Å². The number of hydrogen-bond donors (Lipinski definition) is 4. The Labute approximate surface area is 181 Å². The van der Waals surface area contributed by atoms with Crippen molar-refractivity contribution in [3.63, 3.8) is 0 Å². The molecule has 4 N–H and O–H groups in total. The number of rotatable bonds is 4. The summed E-state index contributed by atoms with van der Waals surface area (Å²) in [5.74, 6) is -3.24. The molecule has 0 saturated carbocycles. The fraction of sp³-hybridized carbons (Fsp3) is 0.0455. The zero-order valence-corrected chi connectivity index (χ0v) is 17.3. The number of benzene rings is 3. The molecule has 4 rings (SSSR count). The van der Waals surface area contributed by atoms with Crippen LogP contribution in [0.15, 0.2) is 68.7 Å². The van der Waals surface area contributed by atoms with Gasteiger partial charge in [0, 0.05) is 17.7 Å². The first-order chi connectivity index (χ1) is 15.1. The summed E-state index contributed by atoms with van der Waals surface area (Å²) in [7, 11) is -4.49. The zero-order valence-electron chi connectivity index (χ0n) is 16.4. The predicted molar refractivity (Wildman–Crippen MR) is 114 cm³/mol. The highest BCUT2D eigenvalue weighted by atomic mass is 32.2. The van der Waals surface area contributed by atoms with Crippen molar-refractivity contribution in [2.45, 2.75) is 11.8 Å². The lowest BCUT2D eigenvalue weighted by molar-refractivity contribution is 0.403. The Morgan fingerprint density at radius 2 is 1.53 bits per heavy atom. The van der Waals surface area contributed by atoms with E-state index in [1.807, 2.05) is 0 Å². The van der Waals surface area contributed by atoms with Gasteiger partial charge >= 0.3 is 10.1 Å². The molecule has 0 saturated heterocycles. The van der Waals surface area contributed by atoms with Gasteiger partial charge in [-0.25, -0.2) is 0 Å². The largest absolute Gasteiger partial charge is 0.508 e. The Hall–Kier alpha value is -4.18. The molecule has 164 valence electrons. The van der Waals surface area contributed by atoms with Crippen LogP contribution in [-0.4, -0.2) is 28.8 Å². The summed E-state index contributed by atoms with van der Waals surface area (Å²) in [4.78, 5) is 12.9. The van der Waals surface area contributed by atoms with Crippen molar-refractivity contribution in [3.8, 4) is 40.1 Å². The topological polar surface area (TPSA) is 154 Å². The summed E-state index contributed by atoms with van der Waals surface area (Å²) in [6.45, 7) is 1.77. The van der Waals surface area contributed by atoms with Crippen LogP contribution in [0.4, 0.5) is 0 Å². The lowest BCUT2D eigenvalue weighted by Gasteiger charge is -2.13. The van der Waals surface area contributed by atoms with Crippen LogP contribution in [0.2, 0.25) is 0 Å². The molecule has 0 unspecified atom stereocenters. The Balaban J connectivity index is 2.01. The van der Waals surface area contributed by atoms with Crippen molar-refractivity contribution in [2.24, 2.45) is 0 Å². The van der Waals surface area contributed by atoms with E-state index in [2.05, 4.69) is 0 Å². The quantitative estimate of drug-likeness (QED) is 0.267. The molecule has 0 aliphatic rings. The van der Waals surface area contributed by atoms with Gasteiger partial charge in [0.15, 0.2) is 17.3 Å². The summed E-state index contributed by atoms with van der Waals surface area (Å²) in [5, 5.41) is 38.9. The predicted octanol–water partition coefficient (Wildman–Crippen LogP) is 3.36. The van der Waals surface area contributed by atoms with Crippen molar-refractivity contribution in [2.75, 3.05) is 0 Å². The van der Waals surface area contributed by atoms with Gasteiger partial charge in [0.2, 0.25) is 11.2 Å². The van der Waals surface area contributed by atoms with Crippen LogP contribution < -0.4 is 9.61 Å². The third-order valence-corrected chi connectivity index (χ3v) is 5.89. The van der Waals surface area contributed by atoms with Crippen molar-refractivity contribution >= 4 is 21.1 Å². The number of hydrogen-bond acceptors (Lipinski definition) is 9. The Bertz CT molecular complexity index is 1520. The molecule has 4 aromatic rings. The summed E-state index contributed by atoms with van der Waals surface area (Å²) in [5.41, 5.74) is -0.479. The summed E-state index contributed by atoms with van der Waals surface area (Å²) in [6.07, 6.45) is 0. The lowest BCUT2D eigenvalue weighted by atomic mass is 10.1. The maximum atomic E-state index is 13.2. The minimum atomic E-state index is -4.49. The van der Waals surface area contributed by atoms with E-state index >= 15 is 0 Å². The van der Waals surface area contributed by atoms with Crippen molar-refractivity contribution in [1.29, 1.82) is 0 Å². The normalized spacial score (nSPS) is 11.5. The fourth-order valence-corrected chi connectivity index (χ4v) is 4.00. The highest BCUT2D eigenvalue weighted by Gasteiger charge is 2.27. The van der Waals surface area contributed by atoms with E-state index in [-0.39, 0.29) is 16.0 Å². The monoisotopic (exact) mass is 456 g/mol. The van der Waals surface area contributed by atoms with Crippen LogP contribution in [0.25, 0.3) is 22.3 Å². The number of aromatic hydroxyl groups is 4. The fourth-order valence-electron chi connectivity index (χ4n) is 3.06. The average molecular weight is 456 g/mol. The van der Waals surface area contributed by atoms with E-state index < -0.39 is 55.4 Å². The van der Waals surface area contributed by atoms with Gasteiger partial charge in [-0.1, -0.05) is 17.7 Å². The molecule has 1 aromatic heterocycles. The molecule has 0 atom stereocenters. The standard InChI is InChI=1S/C22H16O9S/c1-11-2-5-14(6-3-11)32(28,29)31-22-20(27)19-17(26)9-13(23)10-18(19)30-21(22)12-4-7-15(24)16(25)8-12/h2-10,23-26H,1H3. The summed E-state index contributed by atoms with van der Waals surface area (Å²) in [6, 6.07) is 11.0. The van der Waals surface area contributed by atoms with Crippen LogP contribution in [0.1, 0.15) is 5.56 Å². The number of phenols is 4. The third kappa shape index (κ3) is 3.67. The van der Waals surface area contributed by atoms with Crippen LogP contribution >= 0.6 is 0 Å². The molecule has 0 radical (unpaired) electrons. The molecule has 3 aromatic carbocycles. The summed E-state index contributed by atoms with van der Waals surface area (Å²) < 4.78 is 36.5. The molecule has 0 amide bonds. The number of phenolic OH excluding ortho intramolecular Hbond substituents is 4.